The molecule has 0 unspecified atom stereocenters. The molecule has 0 fully saturated rings. The van der Waals surface area contributed by atoms with E-state index in [2.05, 4.69) is 0 Å². The Morgan fingerprint density at radius 1 is 1.07 bits per heavy atom. The summed E-state index contributed by atoms with van der Waals surface area (Å²) in [6.45, 7) is -0.327. The van der Waals surface area contributed by atoms with Crippen LogP contribution in [0.5, 0.6) is 5.75 Å². The molecule has 0 saturated carbocycles. The number of ether oxygens (including phenoxy) is 1. The number of aromatic amines is 1. The van der Waals surface area contributed by atoms with E-state index in [0.717, 1.165) is 0 Å². The molecule has 0 spiro atoms. The van der Waals surface area contributed by atoms with Gasteiger partial charge in [0.05, 0.1) is 5.02 Å². The first-order valence-corrected chi connectivity index (χ1v) is 8.77. The standard InChI is InChI=1S/C20H14ClFN2O6/c21-11-5-3-6-12(22)10(11)8-30-13-7-2-1-4-9(13)14-15(19(26)27)17(23)24-18(25)16(14)20(28)29/h1-7H,8H2,(H,26,27)(H,28,29)(H3,23,24,25). The summed E-state index contributed by atoms with van der Waals surface area (Å²) < 4.78 is 19.7. The molecular formula is C20H14ClFN2O6. The zero-order valence-corrected chi connectivity index (χ0v) is 15.9. The molecule has 154 valence electrons. The fourth-order valence-electron chi connectivity index (χ4n) is 2.94. The van der Waals surface area contributed by atoms with Crippen molar-refractivity contribution in [1.82, 2.24) is 4.98 Å². The van der Waals surface area contributed by atoms with Gasteiger partial charge in [-0.15, -0.1) is 0 Å². The average Bonchev–Trinajstić information content (AvgIpc) is 2.66. The molecule has 5 N–H and O–H groups in total. The SMILES string of the molecule is Nc1[nH]c(=O)c(C(=O)O)c(-c2ccccc2OCc2c(F)cccc2Cl)c1C(=O)O. The summed E-state index contributed by atoms with van der Waals surface area (Å²) in [5.74, 6) is -4.32. The highest BCUT2D eigenvalue weighted by molar-refractivity contribution is 6.31. The van der Waals surface area contributed by atoms with Crippen molar-refractivity contribution < 1.29 is 28.9 Å². The molecule has 0 aliphatic rings. The van der Waals surface area contributed by atoms with Gasteiger partial charge in [0.25, 0.3) is 5.56 Å². The van der Waals surface area contributed by atoms with Gasteiger partial charge >= 0.3 is 11.9 Å². The molecule has 0 saturated heterocycles. The number of para-hydroxylation sites is 1. The largest absolute Gasteiger partial charge is 0.488 e. The number of nitrogen functional groups attached to an aromatic ring is 1. The molecule has 0 aliphatic carbocycles. The first kappa shape index (κ1) is 20.9. The van der Waals surface area contributed by atoms with E-state index in [1.165, 1.54) is 36.4 Å². The Hall–Kier alpha value is -3.85. The first-order valence-electron chi connectivity index (χ1n) is 8.39. The Morgan fingerprint density at radius 2 is 1.73 bits per heavy atom. The number of benzene rings is 2. The molecule has 1 aromatic heterocycles. The van der Waals surface area contributed by atoms with Crippen molar-refractivity contribution in [3.8, 4) is 16.9 Å². The number of anilines is 1. The summed E-state index contributed by atoms with van der Waals surface area (Å²) in [5.41, 5.74) is 2.76. The Labute approximate surface area is 173 Å². The Morgan fingerprint density at radius 3 is 2.37 bits per heavy atom. The van der Waals surface area contributed by atoms with Crippen molar-refractivity contribution in [3.63, 3.8) is 0 Å². The van der Waals surface area contributed by atoms with Gasteiger partial charge < -0.3 is 25.7 Å². The number of pyridine rings is 1. The second kappa shape index (κ2) is 8.26. The molecule has 3 aromatic rings. The van der Waals surface area contributed by atoms with Gasteiger partial charge in [0.2, 0.25) is 0 Å². The van der Waals surface area contributed by atoms with Gasteiger partial charge in [0, 0.05) is 16.7 Å². The van der Waals surface area contributed by atoms with E-state index < -0.39 is 45.8 Å². The van der Waals surface area contributed by atoms with Gasteiger partial charge in [-0.05, 0) is 18.2 Å². The normalized spacial score (nSPS) is 10.6. The van der Waals surface area contributed by atoms with E-state index in [1.807, 2.05) is 4.98 Å². The summed E-state index contributed by atoms with van der Waals surface area (Å²) in [7, 11) is 0. The van der Waals surface area contributed by atoms with Crippen LogP contribution >= 0.6 is 11.6 Å². The third kappa shape index (κ3) is 3.83. The lowest BCUT2D eigenvalue weighted by molar-refractivity contribution is 0.0695. The lowest BCUT2D eigenvalue weighted by atomic mass is 9.94. The molecular weight excluding hydrogens is 419 g/mol. The molecule has 1 heterocycles. The fourth-order valence-corrected chi connectivity index (χ4v) is 3.15. The van der Waals surface area contributed by atoms with Gasteiger partial charge in [0.1, 0.15) is 35.1 Å². The van der Waals surface area contributed by atoms with Crippen molar-refractivity contribution in [3.05, 3.63) is 80.3 Å². The van der Waals surface area contributed by atoms with Crippen LogP contribution in [0.1, 0.15) is 26.3 Å². The number of aromatic carboxylic acids is 2. The lowest BCUT2D eigenvalue weighted by Crippen LogP contribution is -2.24. The summed E-state index contributed by atoms with van der Waals surface area (Å²) in [6.07, 6.45) is 0. The number of hydrogen-bond acceptors (Lipinski definition) is 5. The van der Waals surface area contributed by atoms with Crippen LogP contribution < -0.4 is 16.0 Å². The molecule has 8 nitrogen and oxygen atoms in total. The van der Waals surface area contributed by atoms with Crippen molar-refractivity contribution in [2.24, 2.45) is 0 Å². The van der Waals surface area contributed by atoms with Crippen LogP contribution in [-0.2, 0) is 6.61 Å². The fraction of sp³-hybridized carbons (Fsp3) is 0.0500. The first-order chi connectivity index (χ1) is 14.2. The lowest BCUT2D eigenvalue weighted by Gasteiger charge is -2.16. The molecule has 30 heavy (non-hydrogen) atoms. The molecule has 0 bridgehead atoms. The number of nitrogens with two attached hydrogens (primary N) is 1. The maximum atomic E-state index is 14.0. The summed E-state index contributed by atoms with van der Waals surface area (Å²) in [6, 6.07) is 9.90. The van der Waals surface area contributed by atoms with Gasteiger partial charge in [-0.25, -0.2) is 14.0 Å². The third-order valence-corrected chi connectivity index (χ3v) is 4.62. The van der Waals surface area contributed by atoms with Gasteiger partial charge in [0.15, 0.2) is 0 Å². The minimum absolute atomic E-state index is 0.00631. The molecule has 0 atom stereocenters. The Bertz CT molecular complexity index is 1200. The van der Waals surface area contributed by atoms with Gasteiger partial charge in [-0.3, -0.25) is 4.79 Å². The minimum atomic E-state index is -1.65. The number of halogens is 2. The predicted octanol–water partition coefficient (Wildman–Crippen LogP) is 3.39. The van der Waals surface area contributed by atoms with Gasteiger partial charge in [-0.2, -0.15) is 0 Å². The number of carboxylic acids is 2. The van der Waals surface area contributed by atoms with E-state index >= 15 is 0 Å². The number of H-pyrrole nitrogens is 1. The van der Waals surface area contributed by atoms with E-state index in [-0.39, 0.29) is 28.5 Å². The average molecular weight is 433 g/mol. The zero-order chi connectivity index (χ0) is 22.0. The van der Waals surface area contributed by atoms with E-state index in [9.17, 15) is 29.0 Å². The number of aromatic nitrogens is 1. The second-order valence-electron chi connectivity index (χ2n) is 6.09. The summed E-state index contributed by atoms with van der Waals surface area (Å²) in [4.78, 5) is 37.7. The topological polar surface area (TPSA) is 143 Å². The van der Waals surface area contributed by atoms with Crippen molar-refractivity contribution >= 4 is 29.4 Å². The van der Waals surface area contributed by atoms with Crippen molar-refractivity contribution in [2.75, 3.05) is 5.73 Å². The highest BCUT2D eigenvalue weighted by atomic mass is 35.5. The molecule has 0 amide bonds. The maximum Gasteiger partial charge on any atom is 0.342 e. The predicted molar refractivity (Wildman–Crippen MR) is 107 cm³/mol. The van der Waals surface area contributed by atoms with Gasteiger partial charge in [-0.1, -0.05) is 35.9 Å². The molecule has 2 aromatic carbocycles. The number of rotatable bonds is 6. The van der Waals surface area contributed by atoms with Crippen molar-refractivity contribution in [2.45, 2.75) is 6.61 Å². The van der Waals surface area contributed by atoms with Crippen LogP contribution in [0, 0.1) is 5.82 Å². The van der Waals surface area contributed by atoms with Crippen LogP contribution in [0.15, 0.2) is 47.3 Å². The Balaban J connectivity index is 2.20. The monoisotopic (exact) mass is 432 g/mol. The molecule has 0 radical (unpaired) electrons. The van der Waals surface area contributed by atoms with Crippen LogP contribution in [0.4, 0.5) is 10.2 Å². The number of carbonyl (C=O) groups is 2. The highest BCUT2D eigenvalue weighted by Crippen LogP contribution is 2.36. The maximum absolute atomic E-state index is 14.0. The second-order valence-corrected chi connectivity index (χ2v) is 6.50. The third-order valence-electron chi connectivity index (χ3n) is 4.26. The van der Waals surface area contributed by atoms with E-state index in [0.29, 0.717) is 0 Å². The van der Waals surface area contributed by atoms with E-state index in [4.69, 9.17) is 22.1 Å². The Kier molecular flexibility index (Phi) is 5.74. The smallest absolute Gasteiger partial charge is 0.342 e. The summed E-state index contributed by atoms with van der Waals surface area (Å²) in [5, 5.41) is 19.2. The number of carboxylic acid groups (broad SMARTS) is 2. The van der Waals surface area contributed by atoms with Crippen LogP contribution in [0.2, 0.25) is 5.02 Å². The van der Waals surface area contributed by atoms with Crippen LogP contribution in [-0.4, -0.2) is 27.1 Å². The van der Waals surface area contributed by atoms with Crippen molar-refractivity contribution in [1.29, 1.82) is 0 Å². The number of nitrogens with one attached hydrogen (secondary N) is 1. The molecule has 10 heteroatoms. The molecule has 3 rings (SSSR count). The number of hydrogen-bond donors (Lipinski definition) is 4. The molecule has 0 aliphatic heterocycles. The quantitative estimate of drug-likeness (QED) is 0.467. The van der Waals surface area contributed by atoms with Crippen LogP contribution in [0.25, 0.3) is 11.1 Å². The van der Waals surface area contributed by atoms with Crippen LogP contribution in [0.3, 0.4) is 0 Å². The zero-order valence-electron chi connectivity index (χ0n) is 15.1. The highest BCUT2D eigenvalue weighted by Gasteiger charge is 2.28. The summed E-state index contributed by atoms with van der Waals surface area (Å²) >= 11 is 5.99. The van der Waals surface area contributed by atoms with E-state index in [1.54, 1.807) is 6.07 Å². The minimum Gasteiger partial charge on any atom is -0.488 e.